The number of carbonyl (C=O) groups is 1. The number of piperidine rings is 1. The molecule has 1 amide bonds. The Balaban J connectivity index is 1.29. The number of nitrogens with zero attached hydrogens (tertiary/aromatic N) is 1. The van der Waals surface area contributed by atoms with Crippen molar-refractivity contribution in [2.24, 2.45) is 5.92 Å². The van der Waals surface area contributed by atoms with Crippen LogP contribution in [-0.4, -0.2) is 30.4 Å². The van der Waals surface area contributed by atoms with Gasteiger partial charge in [-0.25, -0.2) is 4.39 Å². The van der Waals surface area contributed by atoms with Gasteiger partial charge in [0.05, 0.1) is 0 Å². The Morgan fingerprint density at radius 3 is 2.26 bits per heavy atom. The van der Waals surface area contributed by atoms with E-state index < -0.39 is 0 Å². The Morgan fingerprint density at radius 1 is 0.871 bits per heavy atom. The summed E-state index contributed by atoms with van der Waals surface area (Å²) in [4.78, 5) is 14.9. The van der Waals surface area contributed by atoms with Crippen molar-refractivity contribution in [2.75, 3.05) is 19.6 Å². The van der Waals surface area contributed by atoms with Gasteiger partial charge in [0.25, 0.3) is 0 Å². The van der Waals surface area contributed by atoms with Gasteiger partial charge in [0, 0.05) is 24.6 Å². The monoisotopic (exact) mass is 416 g/mol. The zero-order valence-electron chi connectivity index (χ0n) is 17.8. The van der Waals surface area contributed by atoms with Crippen molar-refractivity contribution in [2.45, 2.75) is 25.8 Å². The Kier molecular flexibility index (Phi) is 7.11. The summed E-state index contributed by atoms with van der Waals surface area (Å²) in [6.45, 7) is 3.21. The summed E-state index contributed by atoms with van der Waals surface area (Å²) in [6, 6.07) is 25.2. The highest BCUT2D eigenvalue weighted by molar-refractivity contribution is 5.78. The van der Waals surface area contributed by atoms with Crippen LogP contribution in [0, 0.1) is 11.7 Å². The van der Waals surface area contributed by atoms with Gasteiger partial charge in [0.15, 0.2) is 0 Å². The Labute approximate surface area is 183 Å². The maximum Gasteiger partial charge on any atom is 0.223 e. The third kappa shape index (κ3) is 5.59. The van der Waals surface area contributed by atoms with Crippen LogP contribution in [0.2, 0.25) is 0 Å². The molecule has 3 nitrogen and oxygen atoms in total. The van der Waals surface area contributed by atoms with Crippen LogP contribution in [-0.2, 0) is 17.8 Å². The highest BCUT2D eigenvalue weighted by Crippen LogP contribution is 2.28. The maximum atomic E-state index is 14.3. The number of hydrogen-bond acceptors (Lipinski definition) is 2. The van der Waals surface area contributed by atoms with Crippen LogP contribution in [0.3, 0.4) is 0 Å². The van der Waals surface area contributed by atoms with E-state index in [0.717, 1.165) is 50.0 Å². The summed E-state index contributed by atoms with van der Waals surface area (Å²) in [5.41, 5.74) is 3.96. The lowest BCUT2D eigenvalue weighted by Gasteiger charge is -2.31. The molecule has 1 aliphatic rings. The van der Waals surface area contributed by atoms with Crippen LogP contribution in [0.25, 0.3) is 11.1 Å². The summed E-state index contributed by atoms with van der Waals surface area (Å²) in [5, 5.41) is 3.10. The van der Waals surface area contributed by atoms with Crippen molar-refractivity contribution in [3.05, 3.63) is 95.8 Å². The fraction of sp³-hybridized carbons (Fsp3) is 0.296. The molecule has 1 saturated heterocycles. The summed E-state index contributed by atoms with van der Waals surface area (Å²) in [7, 11) is 0. The minimum absolute atomic E-state index is 0.0776. The molecule has 3 aromatic carbocycles. The Hall–Kier alpha value is -2.98. The van der Waals surface area contributed by atoms with Crippen molar-refractivity contribution in [3.8, 4) is 11.1 Å². The standard InChI is InChI=1S/C27H29FN2O/c28-26-13-7-6-12-25(26)24-11-5-4-10-23(24)20-30-18-15-22(16-19-30)27(31)29-17-14-21-8-2-1-3-9-21/h1-13,22H,14-20H2,(H,29,31). The van der Waals surface area contributed by atoms with E-state index in [1.807, 2.05) is 48.5 Å². The summed E-state index contributed by atoms with van der Waals surface area (Å²) in [5.74, 6) is 0.0528. The SMILES string of the molecule is O=C(NCCc1ccccc1)C1CCN(Cc2ccccc2-c2ccccc2F)CC1. The average Bonchev–Trinajstić information content (AvgIpc) is 2.81. The van der Waals surface area contributed by atoms with E-state index in [-0.39, 0.29) is 17.6 Å². The van der Waals surface area contributed by atoms with Gasteiger partial charge >= 0.3 is 0 Å². The molecule has 0 saturated carbocycles. The lowest BCUT2D eigenvalue weighted by atomic mass is 9.94. The largest absolute Gasteiger partial charge is 0.356 e. The van der Waals surface area contributed by atoms with Crippen LogP contribution in [0.1, 0.15) is 24.0 Å². The topological polar surface area (TPSA) is 32.3 Å². The van der Waals surface area contributed by atoms with Gasteiger partial charge in [0.2, 0.25) is 5.91 Å². The fourth-order valence-electron chi connectivity index (χ4n) is 4.31. The Bertz CT molecular complexity index is 997. The van der Waals surface area contributed by atoms with E-state index in [1.165, 1.54) is 11.6 Å². The van der Waals surface area contributed by atoms with E-state index in [4.69, 9.17) is 0 Å². The first-order chi connectivity index (χ1) is 15.2. The quantitative estimate of drug-likeness (QED) is 0.584. The fourth-order valence-corrected chi connectivity index (χ4v) is 4.31. The molecule has 0 spiro atoms. The average molecular weight is 417 g/mol. The third-order valence-electron chi connectivity index (χ3n) is 6.09. The van der Waals surface area contributed by atoms with Crippen molar-refractivity contribution < 1.29 is 9.18 Å². The van der Waals surface area contributed by atoms with Crippen LogP contribution in [0.4, 0.5) is 4.39 Å². The number of amides is 1. The molecule has 0 atom stereocenters. The first-order valence-electron chi connectivity index (χ1n) is 11.1. The third-order valence-corrected chi connectivity index (χ3v) is 6.09. The molecule has 4 heteroatoms. The molecule has 0 unspecified atom stereocenters. The number of rotatable bonds is 7. The number of carbonyl (C=O) groups excluding carboxylic acids is 1. The number of halogens is 1. The number of likely N-dealkylation sites (tertiary alicyclic amines) is 1. The maximum absolute atomic E-state index is 14.3. The number of nitrogens with one attached hydrogen (secondary N) is 1. The molecule has 160 valence electrons. The molecule has 0 bridgehead atoms. The number of hydrogen-bond donors (Lipinski definition) is 1. The molecule has 1 N–H and O–H groups in total. The smallest absolute Gasteiger partial charge is 0.223 e. The molecule has 0 aliphatic carbocycles. The summed E-state index contributed by atoms with van der Waals surface area (Å²) < 4.78 is 14.3. The predicted octanol–water partition coefficient (Wildman–Crippen LogP) is 5.06. The number of benzene rings is 3. The van der Waals surface area contributed by atoms with Gasteiger partial charge in [-0.1, -0.05) is 72.8 Å². The first kappa shape index (κ1) is 21.3. The zero-order chi connectivity index (χ0) is 21.5. The van der Waals surface area contributed by atoms with E-state index in [2.05, 4.69) is 28.4 Å². The lowest BCUT2D eigenvalue weighted by molar-refractivity contribution is -0.126. The second-order valence-corrected chi connectivity index (χ2v) is 8.21. The van der Waals surface area contributed by atoms with Gasteiger partial charge in [-0.2, -0.15) is 0 Å². The van der Waals surface area contributed by atoms with E-state index >= 15 is 0 Å². The molecule has 1 aliphatic heterocycles. The Morgan fingerprint density at radius 2 is 1.52 bits per heavy atom. The van der Waals surface area contributed by atoms with Crippen molar-refractivity contribution in [1.29, 1.82) is 0 Å². The molecular weight excluding hydrogens is 387 g/mol. The molecule has 3 aromatic rings. The highest BCUT2D eigenvalue weighted by Gasteiger charge is 2.25. The highest BCUT2D eigenvalue weighted by atomic mass is 19.1. The molecule has 1 fully saturated rings. The molecule has 4 rings (SSSR count). The van der Waals surface area contributed by atoms with Crippen LogP contribution in [0.5, 0.6) is 0 Å². The molecule has 0 radical (unpaired) electrons. The molecular formula is C27H29FN2O. The van der Waals surface area contributed by atoms with Gasteiger partial charge < -0.3 is 5.32 Å². The minimum Gasteiger partial charge on any atom is -0.356 e. The van der Waals surface area contributed by atoms with E-state index in [0.29, 0.717) is 12.1 Å². The van der Waals surface area contributed by atoms with Crippen LogP contribution < -0.4 is 5.32 Å². The van der Waals surface area contributed by atoms with Crippen molar-refractivity contribution in [3.63, 3.8) is 0 Å². The summed E-state index contributed by atoms with van der Waals surface area (Å²) >= 11 is 0. The first-order valence-corrected chi connectivity index (χ1v) is 11.1. The molecule has 0 aromatic heterocycles. The normalized spacial score (nSPS) is 15.0. The minimum atomic E-state index is -0.194. The molecule has 1 heterocycles. The van der Waals surface area contributed by atoms with Crippen molar-refractivity contribution in [1.82, 2.24) is 10.2 Å². The van der Waals surface area contributed by atoms with E-state index in [1.54, 1.807) is 6.07 Å². The second-order valence-electron chi connectivity index (χ2n) is 8.21. The van der Waals surface area contributed by atoms with Gasteiger partial charge in [-0.3, -0.25) is 9.69 Å². The van der Waals surface area contributed by atoms with Crippen LogP contribution >= 0.6 is 0 Å². The van der Waals surface area contributed by atoms with Gasteiger partial charge in [-0.15, -0.1) is 0 Å². The molecule has 31 heavy (non-hydrogen) atoms. The van der Waals surface area contributed by atoms with Gasteiger partial charge in [0.1, 0.15) is 5.82 Å². The lowest BCUT2D eigenvalue weighted by Crippen LogP contribution is -2.40. The van der Waals surface area contributed by atoms with Gasteiger partial charge in [-0.05, 0) is 55.1 Å². The second kappa shape index (κ2) is 10.4. The van der Waals surface area contributed by atoms with E-state index in [9.17, 15) is 9.18 Å². The van der Waals surface area contributed by atoms with Crippen molar-refractivity contribution >= 4 is 5.91 Å². The summed E-state index contributed by atoms with van der Waals surface area (Å²) in [6.07, 6.45) is 2.58. The zero-order valence-corrected chi connectivity index (χ0v) is 17.8. The van der Waals surface area contributed by atoms with Crippen LogP contribution in [0.15, 0.2) is 78.9 Å². The predicted molar refractivity (Wildman–Crippen MR) is 123 cm³/mol.